The molecule has 0 radical (unpaired) electrons. The van der Waals surface area contributed by atoms with Crippen molar-refractivity contribution in [2.75, 3.05) is 13.6 Å². The summed E-state index contributed by atoms with van der Waals surface area (Å²) in [5, 5.41) is 12.1. The summed E-state index contributed by atoms with van der Waals surface area (Å²) >= 11 is 6.11. The third kappa shape index (κ3) is 3.72. The smallest absolute Gasteiger partial charge is 0.153 e. The van der Waals surface area contributed by atoms with E-state index in [1.807, 2.05) is 37.1 Å². The Morgan fingerprint density at radius 3 is 2.81 bits per heavy atom. The summed E-state index contributed by atoms with van der Waals surface area (Å²) < 4.78 is 0. The van der Waals surface area contributed by atoms with E-state index in [0.717, 1.165) is 16.1 Å². The van der Waals surface area contributed by atoms with Crippen molar-refractivity contribution < 1.29 is 5.21 Å². The van der Waals surface area contributed by atoms with Gasteiger partial charge in [-0.15, -0.1) is 0 Å². The van der Waals surface area contributed by atoms with Gasteiger partial charge >= 0.3 is 0 Å². The van der Waals surface area contributed by atoms with Crippen molar-refractivity contribution in [3.63, 3.8) is 0 Å². The second-order valence-electron chi connectivity index (χ2n) is 3.86. The topological polar surface area (TPSA) is 61.8 Å². The highest BCUT2D eigenvalue weighted by atomic mass is 35.5. The molecule has 3 N–H and O–H groups in total. The molecule has 0 heterocycles. The molecule has 0 bridgehead atoms. The quantitative estimate of drug-likeness (QED) is 0.366. The van der Waals surface area contributed by atoms with Crippen LogP contribution in [0.25, 0.3) is 0 Å². The summed E-state index contributed by atoms with van der Waals surface area (Å²) in [5.41, 5.74) is 7.58. The molecule has 0 saturated heterocycles. The van der Waals surface area contributed by atoms with Crippen LogP contribution in [0.5, 0.6) is 0 Å². The molecule has 1 rings (SSSR count). The lowest BCUT2D eigenvalue weighted by Crippen LogP contribution is -2.30. The van der Waals surface area contributed by atoms with Crippen molar-refractivity contribution in [1.29, 1.82) is 0 Å². The molecule has 0 atom stereocenters. The number of hydrogen-bond donors (Lipinski definition) is 2. The summed E-state index contributed by atoms with van der Waals surface area (Å²) in [7, 11) is 1.88. The van der Waals surface area contributed by atoms with Crippen molar-refractivity contribution in [3.8, 4) is 0 Å². The van der Waals surface area contributed by atoms with Crippen LogP contribution in [0, 0.1) is 6.92 Å². The predicted octanol–water partition coefficient (Wildman–Crippen LogP) is 1.83. The monoisotopic (exact) mass is 241 g/mol. The fourth-order valence-corrected chi connectivity index (χ4v) is 1.73. The molecule has 0 spiro atoms. The van der Waals surface area contributed by atoms with Gasteiger partial charge in [0, 0.05) is 11.6 Å². The molecule has 1 aromatic rings. The van der Waals surface area contributed by atoms with E-state index in [9.17, 15) is 0 Å². The van der Waals surface area contributed by atoms with Crippen LogP contribution >= 0.6 is 11.6 Å². The minimum atomic E-state index is 0.186. The number of rotatable bonds is 4. The zero-order valence-electron chi connectivity index (χ0n) is 9.44. The van der Waals surface area contributed by atoms with Crippen LogP contribution in [0.2, 0.25) is 5.02 Å². The van der Waals surface area contributed by atoms with Gasteiger partial charge in [-0.25, -0.2) is 0 Å². The zero-order valence-corrected chi connectivity index (χ0v) is 10.2. The first-order valence-electron chi connectivity index (χ1n) is 4.93. The van der Waals surface area contributed by atoms with Gasteiger partial charge in [-0.05, 0) is 31.2 Å². The summed E-state index contributed by atoms with van der Waals surface area (Å²) in [6.07, 6.45) is 0. The van der Waals surface area contributed by atoms with Crippen molar-refractivity contribution >= 4 is 17.4 Å². The number of likely N-dealkylation sites (N-methyl/N-ethyl adjacent to an activating group) is 1. The Balaban J connectivity index is 2.66. The molecular weight excluding hydrogens is 226 g/mol. The van der Waals surface area contributed by atoms with Crippen molar-refractivity contribution in [3.05, 3.63) is 34.3 Å². The fraction of sp³-hybridized carbons (Fsp3) is 0.364. The average molecular weight is 242 g/mol. The summed E-state index contributed by atoms with van der Waals surface area (Å²) in [5.74, 6) is 0.186. The molecule has 0 aliphatic heterocycles. The van der Waals surface area contributed by atoms with E-state index >= 15 is 0 Å². The molecule has 4 nitrogen and oxygen atoms in total. The molecule has 16 heavy (non-hydrogen) atoms. The van der Waals surface area contributed by atoms with E-state index in [1.54, 1.807) is 0 Å². The van der Waals surface area contributed by atoms with Gasteiger partial charge in [0.05, 0.1) is 6.54 Å². The molecule has 0 aliphatic carbocycles. The van der Waals surface area contributed by atoms with Gasteiger partial charge in [0.2, 0.25) is 0 Å². The van der Waals surface area contributed by atoms with E-state index in [4.69, 9.17) is 22.5 Å². The van der Waals surface area contributed by atoms with Gasteiger partial charge in [-0.3, -0.25) is 4.90 Å². The second kappa shape index (κ2) is 5.72. The van der Waals surface area contributed by atoms with Crippen LogP contribution < -0.4 is 5.73 Å². The first-order valence-corrected chi connectivity index (χ1v) is 5.30. The first-order chi connectivity index (χ1) is 7.52. The highest BCUT2D eigenvalue weighted by Crippen LogP contribution is 2.18. The van der Waals surface area contributed by atoms with Crippen molar-refractivity contribution in [2.24, 2.45) is 10.9 Å². The SMILES string of the molecule is Cc1ccc(CN(C)C/C(N)=N/O)c(Cl)c1. The number of nitrogens with two attached hydrogens (primary N) is 1. The maximum absolute atomic E-state index is 8.45. The Hall–Kier alpha value is -1.26. The molecule has 0 aliphatic rings. The van der Waals surface area contributed by atoms with Crippen LogP contribution in [0.4, 0.5) is 0 Å². The number of nitrogens with zero attached hydrogens (tertiary/aromatic N) is 2. The van der Waals surface area contributed by atoms with Gasteiger partial charge in [-0.2, -0.15) is 0 Å². The number of hydrogen-bond acceptors (Lipinski definition) is 3. The van der Waals surface area contributed by atoms with Crippen molar-refractivity contribution in [2.45, 2.75) is 13.5 Å². The lowest BCUT2D eigenvalue weighted by Gasteiger charge is -2.16. The summed E-state index contributed by atoms with van der Waals surface area (Å²) in [6.45, 7) is 3.06. The van der Waals surface area contributed by atoms with E-state index in [2.05, 4.69) is 5.16 Å². The van der Waals surface area contributed by atoms with Crippen LogP contribution in [0.3, 0.4) is 0 Å². The standard InChI is InChI=1S/C11H16ClN3O/c1-8-3-4-9(10(12)5-8)6-15(2)7-11(13)14-16/h3-5,16H,6-7H2,1-2H3,(H2,13,14). The van der Waals surface area contributed by atoms with Gasteiger partial charge in [0.25, 0.3) is 0 Å². The summed E-state index contributed by atoms with van der Waals surface area (Å²) in [6, 6.07) is 5.92. The lowest BCUT2D eigenvalue weighted by atomic mass is 10.1. The number of aryl methyl sites for hydroxylation is 1. The Bertz CT molecular complexity index is 393. The first kappa shape index (κ1) is 12.8. The Morgan fingerprint density at radius 2 is 2.25 bits per heavy atom. The molecular formula is C11H16ClN3O. The Morgan fingerprint density at radius 1 is 1.56 bits per heavy atom. The molecule has 0 aromatic heterocycles. The molecule has 0 fully saturated rings. The Kier molecular flexibility index (Phi) is 4.58. The van der Waals surface area contributed by atoms with E-state index in [0.29, 0.717) is 13.1 Å². The normalized spacial score (nSPS) is 12.1. The van der Waals surface area contributed by atoms with E-state index in [1.165, 1.54) is 0 Å². The number of halogens is 1. The third-order valence-corrected chi connectivity index (χ3v) is 2.56. The Labute approximate surface area is 100 Å². The van der Waals surface area contributed by atoms with Crippen LogP contribution in [-0.4, -0.2) is 29.5 Å². The molecule has 0 saturated carbocycles. The van der Waals surface area contributed by atoms with Crippen LogP contribution in [0.15, 0.2) is 23.4 Å². The van der Waals surface area contributed by atoms with Crippen LogP contribution in [0.1, 0.15) is 11.1 Å². The molecule has 88 valence electrons. The minimum absolute atomic E-state index is 0.186. The van der Waals surface area contributed by atoms with Crippen LogP contribution in [-0.2, 0) is 6.54 Å². The van der Waals surface area contributed by atoms with Gasteiger partial charge in [0.1, 0.15) is 0 Å². The van der Waals surface area contributed by atoms with Gasteiger partial charge in [0.15, 0.2) is 5.84 Å². The number of benzene rings is 1. The second-order valence-corrected chi connectivity index (χ2v) is 4.27. The third-order valence-electron chi connectivity index (χ3n) is 2.21. The number of amidine groups is 1. The summed E-state index contributed by atoms with van der Waals surface area (Å²) in [4.78, 5) is 1.92. The number of oxime groups is 1. The lowest BCUT2D eigenvalue weighted by molar-refractivity contribution is 0.308. The highest BCUT2D eigenvalue weighted by molar-refractivity contribution is 6.31. The maximum atomic E-state index is 8.45. The molecule has 1 aromatic carbocycles. The van der Waals surface area contributed by atoms with Gasteiger partial charge in [-0.1, -0.05) is 28.9 Å². The largest absolute Gasteiger partial charge is 0.409 e. The maximum Gasteiger partial charge on any atom is 0.153 e. The minimum Gasteiger partial charge on any atom is -0.409 e. The molecule has 0 unspecified atom stereocenters. The van der Waals surface area contributed by atoms with E-state index < -0.39 is 0 Å². The zero-order chi connectivity index (χ0) is 12.1. The van der Waals surface area contributed by atoms with E-state index in [-0.39, 0.29) is 5.84 Å². The molecule has 0 amide bonds. The highest BCUT2D eigenvalue weighted by Gasteiger charge is 2.06. The van der Waals surface area contributed by atoms with Crippen molar-refractivity contribution in [1.82, 2.24) is 4.90 Å². The predicted molar refractivity (Wildman–Crippen MR) is 65.9 cm³/mol. The average Bonchev–Trinajstić information content (AvgIpc) is 2.22. The molecule has 5 heteroatoms. The van der Waals surface area contributed by atoms with Gasteiger partial charge < -0.3 is 10.9 Å². The fourth-order valence-electron chi connectivity index (χ4n) is 1.44.